The first-order chi connectivity index (χ1) is 12.2. The van der Waals surface area contributed by atoms with Gasteiger partial charge >= 0.3 is 0 Å². The standard InChI is InChI=1S/C18H25N3O4/c1-24-7-6-20-17(22)8-14-11-25-12-15-9-21(10-16(14)15)18(23)13-2-4-19-5-3-13/h2-5,14-16H,6-12H2,1H3,(H,20,22)/t14-,15-,16-/m1/s1. The third-order valence-electron chi connectivity index (χ3n) is 5.05. The zero-order chi connectivity index (χ0) is 17.6. The molecule has 0 unspecified atom stereocenters. The lowest BCUT2D eigenvalue weighted by atomic mass is 9.81. The third kappa shape index (κ3) is 4.35. The van der Waals surface area contributed by atoms with Gasteiger partial charge in [-0.1, -0.05) is 0 Å². The van der Waals surface area contributed by atoms with Crippen LogP contribution < -0.4 is 5.32 Å². The number of methoxy groups -OCH3 is 1. The van der Waals surface area contributed by atoms with E-state index >= 15 is 0 Å². The summed E-state index contributed by atoms with van der Waals surface area (Å²) in [6, 6.07) is 3.48. The Hall–Kier alpha value is -1.99. The molecule has 0 bridgehead atoms. The molecule has 3 rings (SSSR count). The van der Waals surface area contributed by atoms with Crippen LogP contribution >= 0.6 is 0 Å². The normalized spacial score (nSPS) is 25.5. The Bertz CT molecular complexity index is 595. The van der Waals surface area contributed by atoms with Crippen molar-refractivity contribution in [3.05, 3.63) is 30.1 Å². The van der Waals surface area contributed by atoms with E-state index in [1.165, 1.54) is 0 Å². The summed E-state index contributed by atoms with van der Waals surface area (Å²) in [4.78, 5) is 30.6. The molecule has 1 aromatic rings. The number of nitrogens with one attached hydrogen (secondary N) is 1. The largest absolute Gasteiger partial charge is 0.383 e. The predicted molar refractivity (Wildman–Crippen MR) is 90.9 cm³/mol. The summed E-state index contributed by atoms with van der Waals surface area (Å²) in [7, 11) is 1.61. The van der Waals surface area contributed by atoms with Crippen LogP contribution in [0, 0.1) is 17.8 Å². The monoisotopic (exact) mass is 347 g/mol. The minimum atomic E-state index is 0.0187. The minimum Gasteiger partial charge on any atom is -0.383 e. The van der Waals surface area contributed by atoms with Crippen molar-refractivity contribution in [3.8, 4) is 0 Å². The zero-order valence-corrected chi connectivity index (χ0v) is 14.5. The summed E-state index contributed by atoms with van der Waals surface area (Å²) in [6.45, 7) is 3.64. The molecular formula is C18H25N3O4. The molecule has 3 atom stereocenters. The van der Waals surface area contributed by atoms with Gasteiger partial charge in [0.2, 0.25) is 5.91 Å². The fourth-order valence-electron chi connectivity index (χ4n) is 3.76. The van der Waals surface area contributed by atoms with Crippen LogP contribution in [0.15, 0.2) is 24.5 Å². The second-order valence-corrected chi connectivity index (χ2v) is 6.71. The lowest BCUT2D eigenvalue weighted by Gasteiger charge is -2.32. The van der Waals surface area contributed by atoms with Gasteiger partial charge in [0.1, 0.15) is 0 Å². The van der Waals surface area contributed by atoms with Gasteiger partial charge < -0.3 is 19.7 Å². The number of likely N-dealkylation sites (tertiary alicyclic amines) is 1. The number of aromatic nitrogens is 1. The first kappa shape index (κ1) is 17.8. The lowest BCUT2D eigenvalue weighted by molar-refractivity contribution is -0.124. The van der Waals surface area contributed by atoms with Crippen LogP contribution in [0.5, 0.6) is 0 Å². The highest BCUT2D eigenvalue weighted by atomic mass is 16.5. The summed E-state index contributed by atoms with van der Waals surface area (Å²) in [5.74, 6) is 0.811. The molecule has 0 aromatic carbocycles. The van der Waals surface area contributed by atoms with Crippen LogP contribution in [-0.2, 0) is 14.3 Å². The van der Waals surface area contributed by atoms with Crippen molar-refractivity contribution < 1.29 is 19.1 Å². The van der Waals surface area contributed by atoms with Gasteiger partial charge in [0, 0.05) is 57.0 Å². The van der Waals surface area contributed by atoms with Gasteiger partial charge in [-0.3, -0.25) is 14.6 Å². The van der Waals surface area contributed by atoms with Gasteiger partial charge in [0.05, 0.1) is 19.8 Å². The van der Waals surface area contributed by atoms with Crippen LogP contribution in [0.3, 0.4) is 0 Å². The predicted octanol–water partition coefficient (Wildman–Crippen LogP) is 0.569. The second-order valence-electron chi connectivity index (χ2n) is 6.71. The molecule has 2 amide bonds. The van der Waals surface area contributed by atoms with Crippen LogP contribution in [0.2, 0.25) is 0 Å². The molecule has 7 nitrogen and oxygen atoms in total. The van der Waals surface area contributed by atoms with Gasteiger partial charge in [-0.15, -0.1) is 0 Å². The summed E-state index contributed by atoms with van der Waals surface area (Å²) < 4.78 is 10.6. The quantitative estimate of drug-likeness (QED) is 0.761. The molecule has 136 valence electrons. The first-order valence-corrected chi connectivity index (χ1v) is 8.71. The van der Waals surface area contributed by atoms with Gasteiger partial charge in [-0.2, -0.15) is 0 Å². The SMILES string of the molecule is COCCNC(=O)C[C@@H]1COC[C@H]2CN(C(=O)c3ccncc3)C[C@H]12. The molecule has 25 heavy (non-hydrogen) atoms. The second kappa shape index (κ2) is 8.40. The van der Waals surface area contributed by atoms with Crippen molar-refractivity contribution in [1.82, 2.24) is 15.2 Å². The van der Waals surface area contributed by atoms with Gasteiger partial charge in [0.25, 0.3) is 5.91 Å². The van der Waals surface area contributed by atoms with Crippen LogP contribution in [0.1, 0.15) is 16.8 Å². The maximum Gasteiger partial charge on any atom is 0.253 e. The highest BCUT2D eigenvalue weighted by Gasteiger charge is 2.43. The van der Waals surface area contributed by atoms with Crippen LogP contribution in [0.4, 0.5) is 0 Å². The van der Waals surface area contributed by atoms with E-state index in [4.69, 9.17) is 9.47 Å². The van der Waals surface area contributed by atoms with E-state index < -0.39 is 0 Å². The van der Waals surface area contributed by atoms with Crippen molar-refractivity contribution in [2.75, 3.05) is 46.6 Å². The molecule has 2 aliphatic heterocycles. The number of ether oxygens (including phenoxy) is 2. The molecule has 1 aromatic heterocycles. The maximum absolute atomic E-state index is 12.7. The Labute approximate surface area is 147 Å². The fourth-order valence-corrected chi connectivity index (χ4v) is 3.76. The van der Waals surface area contributed by atoms with Crippen LogP contribution in [-0.4, -0.2) is 68.3 Å². The highest BCUT2D eigenvalue weighted by molar-refractivity contribution is 5.94. The van der Waals surface area contributed by atoms with Crippen molar-refractivity contribution in [2.24, 2.45) is 17.8 Å². The smallest absolute Gasteiger partial charge is 0.253 e. The third-order valence-corrected chi connectivity index (χ3v) is 5.05. The van der Waals surface area contributed by atoms with E-state index in [0.29, 0.717) is 63.3 Å². The Balaban J connectivity index is 1.58. The molecule has 3 heterocycles. The van der Waals surface area contributed by atoms with E-state index in [-0.39, 0.29) is 17.7 Å². The van der Waals surface area contributed by atoms with E-state index in [1.54, 1.807) is 31.6 Å². The number of amides is 2. The summed E-state index contributed by atoms with van der Waals surface area (Å²) in [5, 5.41) is 2.86. The van der Waals surface area contributed by atoms with Gasteiger partial charge in [-0.25, -0.2) is 0 Å². The van der Waals surface area contributed by atoms with E-state index in [0.717, 1.165) is 0 Å². The number of rotatable bonds is 6. The lowest BCUT2D eigenvalue weighted by Crippen LogP contribution is -2.38. The summed E-state index contributed by atoms with van der Waals surface area (Å²) in [5.41, 5.74) is 0.656. The molecule has 0 spiro atoms. The highest BCUT2D eigenvalue weighted by Crippen LogP contribution is 2.36. The average Bonchev–Trinajstić information content (AvgIpc) is 3.07. The topological polar surface area (TPSA) is 80.8 Å². The number of carbonyl (C=O) groups is 2. The van der Waals surface area contributed by atoms with Crippen molar-refractivity contribution in [2.45, 2.75) is 6.42 Å². The molecule has 2 saturated heterocycles. The summed E-state index contributed by atoms with van der Waals surface area (Å²) in [6.07, 6.45) is 3.70. The Morgan fingerprint density at radius 3 is 2.88 bits per heavy atom. The molecule has 7 heteroatoms. The molecule has 2 fully saturated rings. The molecule has 0 radical (unpaired) electrons. The molecular weight excluding hydrogens is 322 g/mol. The number of hydrogen-bond donors (Lipinski definition) is 1. The van der Waals surface area contributed by atoms with Gasteiger partial charge in [-0.05, 0) is 24.0 Å². The van der Waals surface area contributed by atoms with Crippen LogP contribution in [0.25, 0.3) is 0 Å². The average molecular weight is 347 g/mol. The Kier molecular flexibility index (Phi) is 5.99. The molecule has 2 aliphatic rings. The Morgan fingerprint density at radius 1 is 1.32 bits per heavy atom. The van der Waals surface area contributed by atoms with Crippen molar-refractivity contribution >= 4 is 11.8 Å². The number of nitrogens with zero attached hydrogens (tertiary/aromatic N) is 2. The minimum absolute atomic E-state index is 0.0187. The fraction of sp³-hybridized carbons (Fsp3) is 0.611. The molecule has 0 aliphatic carbocycles. The molecule has 1 N–H and O–H groups in total. The summed E-state index contributed by atoms with van der Waals surface area (Å²) >= 11 is 0. The van der Waals surface area contributed by atoms with E-state index in [1.807, 2.05) is 4.90 Å². The zero-order valence-electron chi connectivity index (χ0n) is 14.5. The number of carbonyl (C=O) groups excluding carboxylic acids is 2. The Morgan fingerprint density at radius 2 is 2.12 bits per heavy atom. The van der Waals surface area contributed by atoms with E-state index in [9.17, 15) is 9.59 Å². The maximum atomic E-state index is 12.7. The van der Waals surface area contributed by atoms with Gasteiger partial charge in [0.15, 0.2) is 0 Å². The number of fused-ring (bicyclic) bond motifs is 1. The first-order valence-electron chi connectivity index (χ1n) is 8.71. The van der Waals surface area contributed by atoms with E-state index in [2.05, 4.69) is 10.3 Å². The molecule has 0 saturated carbocycles. The number of pyridine rings is 1. The van der Waals surface area contributed by atoms with Crippen molar-refractivity contribution in [1.29, 1.82) is 0 Å². The van der Waals surface area contributed by atoms with Crippen molar-refractivity contribution in [3.63, 3.8) is 0 Å². The number of hydrogen-bond acceptors (Lipinski definition) is 5.